The lowest BCUT2D eigenvalue weighted by atomic mass is 9.94. The van der Waals surface area contributed by atoms with Gasteiger partial charge in [-0.1, -0.05) is 24.3 Å². The van der Waals surface area contributed by atoms with E-state index in [2.05, 4.69) is 0 Å². The standard InChI is InChI=1S/C15H12O6/c16-13(17)9-3-1-5-11(7-9)15(20)21-12-6-2-4-10(8-12)14(18)19/h1-6,8,11H,7H2,(H,16,17)(H,18,19). The smallest absolute Gasteiger partial charge is 0.335 e. The van der Waals surface area contributed by atoms with Gasteiger partial charge in [-0.15, -0.1) is 0 Å². The van der Waals surface area contributed by atoms with Gasteiger partial charge in [-0.3, -0.25) is 4.79 Å². The van der Waals surface area contributed by atoms with Crippen LogP contribution in [0, 0.1) is 5.92 Å². The van der Waals surface area contributed by atoms with E-state index in [9.17, 15) is 14.4 Å². The number of carboxylic acid groups (broad SMARTS) is 2. The molecule has 0 aromatic heterocycles. The monoisotopic (exact) mass is 288 g/mol. The Bertz CT molecular complexity index is 656. The van der Waals surface area contributed by atoms with Gasteiger partial charge in [0.1, 0.15) is 5.75 Å². The van der Waals surface area contributed by atoms with Gasteiger partial charge < -0.3 is 14.9 Å². The molecule has 0 spiro atoms. The van der Waals surface area contributed by atoms with Crippen molar-refractivity contribution in [3.8, 4) is 5.75 Å². The number of carboxylic acids is 2. The van der Waals surface area contributed by atoms with Crippen molar-refractivity contribution in [3.05, 3.63) is 53.6 Å². The minimum absolute atomic E-state index is 0.00519. The summed E-state index contributed by atoms with van der Waals surface area (Å²) in [5.74, 6) is -3.42. The number of carbonyl (C=O) groups is 3. The van der Waals surface area contributed by atoms with Gasteiger partial charge >= 0.3 is 17.9 Å². The molecule has 6 heteroatoms. The summed E-state index contributed by atoms with van der Waals surface area (Å²) in [4.78, 5) is 33.7. The summed E-state index contributed by atoms with van der Waals surface area (Å²) in [6.07, 6.45) is 4.52. The van der Waals surface area contributed by atoms with E-state index >= 15 is 0 Å². The first kappa shape index (κ1) is 14.5. The average molecular weight is 288 g/mol. The van der Waals surface area contributed by atoms with E-state index < -0.39 is 23.8 Å². The predicted octanol–water partition coefficient (Wildman–Crippen LogP) is 1.88. The molecular formula is C15H12O6. The molecule has 0 heterocycles. The zero-order valence-corrected chi connectivity index (χ0v) is 10.9. The average Bonchev–Trinajstić information content (AvgIpc) is 2.47. The summed E-state index contributed by atoms with van der Waals surface area (Å²) >= 11 is 0. The van der Waals surface area contributed by atoms with Crippen LogP contribution in [0.4, 0.5) is 0 Å². The largest absolute Gasteiger partial charge is 0.478 e. The maximum Gasteiger partial charge on any atom is 0.335 e. The van der Waals surface area contributed by atoms with Crippen LogP contribution in [0.15, 0.2) is 48.1 Å². The molecule has 2 N–H and O–H groups in total. The van der Waals surface area contributed by atoms with Crippen LogP contribution < -0.4 is 4.74 Å². The van der Waals surface area contributed by atoms with Crippen molar-refractivity contribution in [2.45, 2.75) is 6.42 Å². The topological polar surface area (TPSA) is 101 Å². The number of carbonyl (C=O) groups excluding carboxylic acids is 1. The number of aromatic carboxylic acids is 1. The number of benzene rings is 1. The second-order valence-corrected chi connectivity index (χ2v) is 4.45. The molecule has 108 valence electrons. The number of ether oxygens (including phenoxy) is 1. The lowest BCUT2D eigenvalue weighted by Gasteiger charge is -2.15. The Kier molecular flexibility index (Phi) is 4.18. The molecule has 0 bridgehead atoms. The normalized spacial score (nSPS) is 17.0. The van der Waals surface area contributed by atoms with E-state index in [4.69, 9.17) is 14.9 Å². The lowest BCUT2D eigenvalue weighted by Crippen LogP contribution is -2.22. The van der Waals surface area contributed by atoms with Gasteiger partial charge in [0.2, 0.25) is 0 Å². The van der Waals surface area contributed by atoms with Gasteiger partial charge in [-0.2, -0.15) is 0 Å². The number of rotatable bonds is 4. The van der Waals surface area contributed by atoms with Crippen LogP contribution in [0.1, 0.15) is 16.8 Å². The maximum atomic E-state index is 12.0. The van der Waals surface area contributed by atoms with Crippen molar-refractivity contribution < 1.29 is 29.3 Å². The number of aliphatic carboxylic acids is 1. The fraction of sp³-hybridized carbons (Fsp3) is 0.133. The van der Waals surface area contributed by atoms with Crippen LogP contribution in [-0.4, -0.2) is 28.1 Å². The van der Waals surface area contributed by atoms with Gasteiger partial charge in [0, 0.05) is 5.57 Å². The maximum absolute atomic E-state index is 12.0. The number of hydrogen-bond acceptors (Lipinski definition) is 4. The highest BCUT2D eigenvalue weighted by molar-refractivity contribution is 5.90. The van der Waals surface area contributed by atoms with E-state index in [1.165, 1.54) is 36.4 Å². The summed E-state index contributed by atoms with van der Waals surface area (Å²) in [5, 5.41) is 17.8. The van der Waals surface area contributed by atoms with E-state index in [0.717, 1.165) is 0 Å². The molecule has 0 saturated heterocycles. The van der Waals surface area contributed by atoms with Crippen LogP contribution in [0.3, 0.4) is 0 Å². The molecule has 1 aromatic rings. The molecule has 0 saturated carbocycles. The van der Waals surface area contributed by atoms with Gasteiger partial charge in [-0.05, 0) is 24.6 Å². The number of hydrogen-bond donors (Lipinski definition) is 2. The van der Waals surface area contributed by atoms with Crippen LogP contribution in [0.25, 0.3) is 0 Å². The Labute approximate surface area is 120 Å². The molecule has 21 heavy (non-hydrogen) atoms. The van der Waals surface area contributed by atoms with Crippen molar-refractivity contribution >= 4 is 17.9 Å². The minimum Gasteiger partial charge on any atom is -0.478 e. The Morgan fingerprint density at radius 2 is 1.90 bits per heavy atom. The SMILES string of the molecule is O=C(O)C1=CC=CC(C(=O)Oc2cccc(C(=O)O)c2)C1. The zero-order chi connectivity index (χ0) is 15.4. The zero-order valence-electron chi connectivity index (χ0n) is 10.9. The molecule has 6 nitrogen and oxygen atoms in total. The lowest BCUT2D eigenvalue weighted by molar-refractivity contribution is -0.137. The summed E-state index contributed by atoms with van der Waals surface area (Å²) in [5.41, 5.74) is 0.129. The number of allylic oxidation sites excluding steroid dienone is 2. The molecule has 1 unspecified atom stereocenters. The fourth-order valence-electron chi connectivity index (χ4n) is 1.88. The van der Waals surface area contributed by atoms with Gasteiger partial charge in [0.05, 0.1) is 11.5 Å². The van der Waals surface area contributed by atoms with Crippen molar-refractivity contribution in [1.82, 2.24) is 0 Å². The van der Waals surface area contributed by atoms with E-state index in [1.54, 1.807) is 6.08 Å². The molecule has 1 atom stereocenters. The molecular weight excluding hydrogens is 276 g/mol. The van der Waals surface area contributed by atoms with Crippen LogP contribution in [-0.2, 0) is 9.59 Å². The highest BCUT2D eigenvalue weighted by atomic mass is 16.5. The quantitative estimate of drug-likeness (QED) is 0.648. The van der Waals surface area contributed by atoms with Gasteiger partial charge in [0.15, 0.2) is 0 Å². The second kappa shape index (κ2) is 6.04. The number of esters is 1. The highest BCUT2D eigenvalue weighted by Gasteiger charge is 2.24. The third kappa shape index (κ3) is 3.56. The second-order valence-electron chi connectivity index (χ2n) is 4.45. The van der Waals surface area contributed by atoms with Crippen molar-refractivity contribution in [1.29, 1.82) is 0 Å². The Morgan fingerprint density at radius 3 is 2.57 bits per heavy atom. The summed E-state index contributed by atoms with van der Waals surface area (Å²) in [6, 6.07) is 5.54. The first-order valence-electron chi connectivity index (χ1n) is 6.13. The molecule has 1 aliphatic rings. The summed E-state index contributed by atoms with van der Waals surface area (Å²) in [6.45, 7) is 0. The van der Waals surface area contributed by atoms with Gasteiger partial charge in [-0.25, -0.2) is 9.59 Å². The first-order chi connectivity index (χ1) is 9.97. The Hall–Kier alpha value is -2.89. The first-order valence-corrected chi connectivity index (χ1v) is 6.13. The third-order valence-corrected chi connectivity index (χ3v) is 2.96. The Morgan fingerprint density at radius 1 is 1.14 bits per heavy atom. The molecule has 0 amide bonds. The third-order valence-electron chi connectivity index (χ3n) is 2.96. The van der Waals surface area contributed by atoms with Gasteiger partial charge in [0.25, 0.3) is 0 Å². The van der Waals surface area contributed by atoms with Crippen molar-refractivity contribution in [2.24, 2.45) is 5.92 Å². The summed E-state index contributed by atoms with van der Waals surface area (Å²) < 4.78 is 5.10. The molecule has 0 aliphatic heterocycles. The van der Waals surface area contributed by atoms with Crippen LogP contribution >= 0.6 is 0 Å². The highest BCUT2D eigenvalue weighted by Crippen LogP contribution is 2.22. The molecule has 0 radical (unpaired) electrons. The minimum atomic E-state index is -1.12. The van der Waals surface area contributed by atoms with Crippen molar-refractivity contribution in [3.63, 3.8) is 0 Å². The predicted molar refractivity (Wildman–Crippen MR) is 72.0 cm³/mol. The molecule has 1 aliphatic carbocycles. The molecule has 2 rings (SSSR count). The Balaban J connectivity index is 2.07. The van der Waals surface area contributed by atoms with Crippen molar-refractivity contribution in [2.75, 3.05) is 0 Å². The van der Waals surface area contributed by atoms with Crippen LogP contribution in [0.2, 0.25) is 0 Å². The van der Waals surface area contributed by atoms with E-state index in [1.807, 2.05) is 0 Å². The van der Waals surface area contributed by atoms with E-state index in [0.29, 0.717) is 0 Å². The van der Waals surface area contributed by atoms with E-state index in [-0.39, 0.29) is 23.3 Å². The molecule has 0 fully saturated rings. The summed E-state index contributed by atoms with van der Waals surface area (Å²) in [7, 11) is 0. The van der Waals surface area contributed by atoms with Crippen LogP contribution in [0.5, 0.6) is 5.75 Å². The molecule has 1 aromatic carbocycles. The fourth-order valence-corrected chi connectivity index (χ4v) is 1.88.